The smallest absolute Gasteiger partial charge is 0.309 e. The Bertz CT molecular complexity index is 720. The zero-order valence-corrected chi connectivity index (χ0v) is 14.2. The van der Waals surface area contributed by atoms with Crippen LogP contribution in [0.2, 0.25) is 0 Å². The Labute approximate surface area is 146 Å². The highest BCUT2D eigenvalue weighted by atomic mass is 16.5. The molecule has 2 aromatic rings. The van der Waals surface area contributed by atoms with E-state index in [-0.39, 0.29) is 6.54 Å². The lowest BCUT2D eigenvalue weighted by atomic mass is 10.2. The number of hydrogen-bond donors (Lipinski definition) is 2. The molecule has 0 atom stereocenters. The van der Waals surface area contributed by atoms with E-state index in [0.29, 0.717) is 24.5 Å². The van der Waals surface area contributed by atoms with Gasteiger partial charge in [0.25, 0.3) is 0 Å². The monoisotopic (exact) mass is 343 g/mol. The molecule has 0 spiro atoms. The molecule has 132 valence electrons. The van der Waals surface area contributed by atoms with Gasteiger partial charge in [-0.15, -0.1) is 0 Å². The van der Waals surface area contributed by atoms with Gasteiger partial charge in [0.2, 0.25) is 0 Å². The maximum atomic E-state index is 11.9. The quantitative estimate of drug-likeness (QED) is 0.734. The van der Waals surface area contributed by atoms with Crippen LogP contribution in [0.25, 0.3) is 0 Å². The number of ether oxygens (including phenoxy) is 2. The molecule has 7 nitrogen and oxygen atoms in total. The number of amides is 2. The molecule has 0 fully saturated rings. The molecule has 0 unspecified atom stereocenters. The fourth-order valence-electron chi connectivity index (χ4n) is 2.28. The Balaban J connectivity index is 1.82. The van der Waals surface area contributed by atoms with E-state index in [1.165, 1.54) is 14.2 Å². The number of benzene rings is 1. The van der Waals surface area contributed by atoms with Crippen LogP contribution in [0.1, 0.15) is 11.3 Å². The number of aromatic nitrogens is 1. The van der Waals surface area contributed by atoms with E-state index in [0.717, 1.165) is 11.3 Å². The zero-order valence-electron chi connectivity index (χ0n) is 14.2. The number of para-hydroxylation sites is 1. The summed E-state index contributed by atoms with van der Waals surface area (Å²) < 4.78 is 10.5. The standard InChI is InChI=1S/C18H21N3O4/c1-24-15-8-5-6-13(16(15)25-2)12-21-18(23)17(22)20-11-9-14-7-3-4-10-19-14/h3-8,10H,9,11-12H2,1-2H3,(H,20,22)(H,21,23). The van der Waals surface area contributed by atoms with Crippen LogP contribution < -0.4 is 20.1 Å². The highest BCUT2D eigenvalue weighted by Gasteiger charge is 2.15. The lowest BCUT2D eigenvalue weighted by Crippen LogP contribution is -2.40. The molecule has 1 heterocycles. The third kappa shape index (κ3) is 5.20. The average molecular weight is 343 g/mol. The van der Waals surface area contributed by atoms with Gasteiger partial charge in [0.05, 0.1) is 14.2 Å². The molecule has 25 heavy (non-hydrogen) atoms. The number of pyridine rings is 1. The minimum atomic E-state index is -0.703. The van der Waals surface area contributed by atoms with Crippen molar-refractivity contribution in [3.05, 3.63) is 53.9 Å². The third-order valence-electron chi connectivity index (χ3n) is 3.52. The number of carbonyl (C=O) groups excluding carboxylic acids is 2. The molecule has 1 aromatic heterocycles. The first kappa shape index (κ1) is 18.3. The molecule has 0 aliphatic rings. The molecule has 0 saturated carbocycles. The van der Waals surface area contributed by atoms with Gasteiger partial charge in [-0.05, 0) is 18.2 Å². The van der Waals surface area contributed by atoms with E-state index in [1.807, 2.05) is 18.2 Å². The Kier molecular flexibility index (Phi) is 6.76. The molecule has 2 rings (SSSR count). The van der Waals surface area contributed by atoms with E-state index in [4.69, 9.17) is 9.47 Å². The Morgan fingerprint density at radius 3 is 2.48 bits per heavy atom. The second-order valence-corrected chi connectivity index (χ2v) is 5.16. The number of nitrogens with one attached hydrogen (secondary N) is 2. The van der Waals surface area contributed by atoms with Crippen molar-refractivity contribution in [2.75, 3.05) is 20.8 Å². The summed E-state index contributed by atoms with van der Waals surface area (Å²) in [5, 5.41) is 5.14. The number of hydrogen-bond acceptors (Lipinski definition) is 5. The molecule has 1 aromatic carbocycles. The number of nitrogens with zero attached hydrogens (tertiary/aromatic N) is 1. The maximum Gasteiger partial charge on any atom is 0.309 e. The Morgan fingerprint density at radius 2 is 1.80 bits per heavy atom. The first-order valence-corrected chi connectivity index (χ1v) is 7.81. The molecular weight excluding hydrogens is 322 g/mol. The van der Waals surface area contributed by atoms with Gasteiger partial charge in [0.1, 0.15) is 0 Å². The molecule has 2 N–H and O–H groups in total. The fourth-order valence-corrected chi connectivity index (χ4v) is 2.28. The lowest BCUT2D eigenvalue weighted by molar-refractivity contribution is -0.139. The first-order chi connectivity index (χ1) is 12.2. The second-order valence-electron chi connectivity index (χ2n) is 5.16. The summed E-state index contributed by atoms with van der Waals surface area (Å²) in [5.41, 5.74) is 1.57. The predicted molar refractivity (Wildman–Crippen MR) is 92.3 cm³/mol. The average Bonchev–Trinajstić information content (AvgIpc) is 2.66. The van der Waals surface area contributed by atoms with Gasteiger partial charge in [-0.1, -0.05) is 18.2 Å². The van der Waals surface area contributed by atoms with E-state index in [1.54, 1.807) is 24.4 Å². The van der Waals surface area contributed by atoms with Crippen LogP contribution in [0.15, 0.2) is 42.6 Å². The highest BCUT2D eigenvalue weighted by molar-refractivity contribution is 6.35. The molecule has 7 heteroatoms. The maximum absolute atomic E-state index is 11.9. The molecular formula is C18H21N3O4. The Morgan fingerprint density at radius 1 is 1.00 bits per heavy atom. The van der Waals surface area contributed by atoms with Crippen LogP contribution in [0.3, 0.4) is 0 Å². The summed E-state index contributed by atoms with van der Waals surface area (Å²) in [6, 6.07) is 10.9. The van der Waals surface area contributed by atoms with Gasteiger partial charge in [-0.25, -0.2) is 0 Å². The van der Waals surface area contributed by atoms with Crippen molar-refractivity contribution in [2.24, 2.45) is 0 Å². The molecule has 0 aliphatic heterocycles. The summed E-state index contributed by atoms with van der Waals surface area (Å²) in [4.78, 5) is 27.9. The van der Waals surface area contributed by atoms with Crippen LogP contribution >= 0.6 is 0 Å². The fraction of sp³-hybridized carbons (Fsp3) is 0.278. The summed E-state index contributed by atoms with van der Waals surface area (Å²) in [7, 11) is 3.06. The number of carbonyl (C=O) groups is 2. The molecule has 0 aliphatic carbocycles. The Hall–Kier alpha value is -3.09. The van der Waals surface area contributed by atoms with Crippen LogP contribution in [0, 0.1) is 0 Å². The largest absolute Gasteiger partial charge is 0.493 e. The van der Waals surface area contributed by atoms with Gasteiger partial charge in [0.15, 0.2) is 11.5 Å². The van der Waals surface area contributed by atoms with E-state index in [2.05, 4.69) is 15.6 Å². The predicted octanol–water partition coefficient (Wildman–Crippen LogP) is 1.07. The minimum Gasteiger partial charge on any atom is -0.493 e. The van der Waals surface area contributed by atoms with Gasteiger partial charge in [-0.3, -0.25) is 14.6 Å². The van der Waals surface area contributed by atoms with E-state index >= 15 is 0 Å². The second kappa shape index (κ2) is 9.27. The van der Waals surface area contributed by atoms with Crippen molar-refractivity contribution in [1.29, 1.82) is 0 Å². The summed E-state index contributed by atoms with van der Waals surface area (Å²) >= 11 is 0. The molecule has 2 amide bonds. The van der Waals surface area contributed by atoms with Crippen molar-refractivity contribution < 1.29 is 19.1 Å². The van der Waals surface area contributed by atoms with Crippen molar-refractivity contribution >= 4 is 11.8 Å². The molecule has 0 saturated heterocycles. The van der Waals surface area contributed by atoms with Crippen LogP contribution in [0.5, 0.6) is 11.5 Å². The van der Waals surface area contributed by atoms with Crippen molar-refractivity contribution in [1.82, 2.24) is 15.6 Å². The van der Waals surface area contributed by atoms with Gasteiger partial charge in [-0.2, -0.15) is 0 Å². The SMILES string of the molecule is COc1cccc(CNC(=O)C(=O)NCCc2ccccn2)c1OC. The lowest BCUT2D eigenvalue weighted by Gasteiger charge is -2.13. The van der Waals surface area contributed by atoms with E-state index in [9.17, 15) is 9.59 Å². The van der Waals surface area contributed by atoms with Gasteiger partial charge in [0, 0.05) is 37.0 Å². The highest BCUT2D eigenvalue weighted by Crippen LogP contribution is 2.30. The van der Waals surface area contributed by atoms with Gasteiger partial charge >= 0.3 is 11.8 Å². The van der Waals surface area contributed by atoms with Gasteiger partial charge < -0.3 is 20.1 Å². The topological polar surface area (TPSA) is 89.5 Å². The molecule has 0 radical (unpaired) electrons. The summed E-state index contributed by atoms with van der Waals surface area (Å²) in [6.45, 7) is 0.499. The first-order valence-electron chi connectivity index (χ1n) is 7.81. The van der Waals surface area contributed by atoms with Crippen LogP contribution in [0.4, 0.5) is 0 Å². The summed E-state index contributed by atoms with van der Waals surface area (Å²) in [6.07, 6.45) is 2.24. The third-order valence-corrected chi connectivity index (χ3v) is 3.52. The van der Waals surface area contributed by atoms with Crippen LogP contribution in [-0.4, -0.2) is 37.6 Å². The van der Waals surface area contributed by atoms with Crippen molar-refractivity contribution in [3.8, 4) is 11.5 Å². The van der Waals surface area contributed by atoms with Crippen LogP contribution in [-0.2, 0) is 22.6 Å². The van der Waals surface area contributed by atoms with Crippen molar-refractivity contribution in [3.63, 3.8) is 0 Å². The minimum absolute atomic E-state index is 0.160. The normalized spacial score (nSPS) is 10.0. The number of methoxy groups -OCH3 is 2. The molecule has 0 bridgehead atoms. The number of rotatable bonds is 7. The summed E-state index contributed by atoms with van der Waals surface area (Å²) in [5.74, 6) is -0.293. The van der Waals surface area contributed by atoms with Crippen molar-refractivity contribution in [2.45, 2.75) is 13.0 Å². The zero-order chi connectivity index (χ0) is 18.1. The van der Waals surface area contributed by atoms with E-state index < -0.39 is 11.8 Å².